The highest BCUT2D eigenvalue weighted by Crippen LogP contribution is 2.23. The molecule has 0 fully saturated rings. The van der Waals surface area contributed by atoms with Gasteiger partial charge in [-0.3, -0.25) is 4.79 Å². The number of nitrogens with two attached hydrogens (primary N) is 1. The van der Waals surface area contributed by atoms with Crippen molar-refractivity contribution in [3.05, 3.63) is 49.6 Å². The largest absolute Gasteiger partial charge is 0.397 e. The van der Waals surface area contributed by atoms with Crippen LogP contribution in [0.1, 0.15) is 15.2 Å². The number of para-hydroxylation sites is 1. The quantitative estimate of drug-likeness (QED) is 0.834. The van der Waals surface area contributed by atoms with Gasteiger partial charge >= 0.3 is 0 Å². The van der Waals surface area contributed by atoms with E-state index in [1.165, 1.54) is 0 Å². The van der Waals surface area contributed by atoms with Crippen LogP contribution in [0.5, 0.6) is 0 Å². The van der Waals surface area contributed by atoms with E-state index in [2.05, 4.69) is 21.2 Å². The maximum Gasteiger partial charge on any atom is 0.253 e. The highest BCUT2D eigenvalue weighted by molar-refractivity contribution is 9.11. The number of rotatable bonds is 3. The van der Waals surface area contributed by atoms with E-state index < -0.39 is 0 Å². The van der Waals surface area contributed by atoms with Crippen molar-refractivity contribution in [3.63, 3.8) is 0 Å². The third kappa shape index (κ3) is 3.04. The Hall–Kier alpha value is -1.04. The van der Waals surface area contributed by atoms with E-state index in [4.69, 9.17) is 17.3 Å². The van der Waals surface area contributed by atoms with Gasteiger partial charge in [-0.15, -0.1) is 11.3 Å². The molecule has 1 heterocycles. The maximum atomic E-state index is 11.9. The van der Waals surface area contributed by atoms with Crippen molar-refractivity contribution in [2.24, 2.45) is 0 Å². The number of carbonyl (C=O) groups is 1. The van der Waals surface area contributed by atoms with Gasteiger partial charge in [-0.2, -0.15) is 0 Å². The van der Waals surface area contributed by atoms with Gasteiger partial charge in [-0.1, -0.05) is 17.7 Å². The number of hydrogen-bond donors (Lipinski definition) is 2. The zero-order valence-corrected chi connectivity index (χ0v) is 12.4. The Morgan fingerprint density at radius 3 is 2.83 bits per heavy atom. The van der Waals surface area contributed by atoms with Crippen molar-refractivity contribution in [2.45, 2.75) is 6.54 Å². The summed E-state index contributed by atoms with van der Waals surface area (Å²) in [7, 11) is 0. The number of anilines is 1. The van der Waals surface area contributed by atoms with E-state index in [1.54, 1.807) is 29.5 Å². The highest BCUT2D eigenvalue weighted by atomic mass is 79.9. The van der Waals surface area contributed by atoms with E-state index in [0.717, 1.165) is 8.66 Å². The minimum absolute atomic E-state index is 0.223. The molecular weight excluding hydrogens is 336 g/mol. The fraction of sp³-hybridized carbons (Fsp3) is 0.0833. The van der Waals surface area contributed by atoms with Crippen LogP contribution in [0.2, 0.25) is 5.02 Å². The Morgan fingerprint density at radius 1 is 1.39 bits per heavy atom. The minimum Gasteiger partial charge on any atom is -0.397 e. The van der Waals surface area contributed by atoms with Crippen LogP contribution in [-0.4, -0.2) is 5.91 Å². The average molecular weight is 346 g/mol. The Morgan fingerprint density at radius 2 is 2.17 bits per heavy atom. The number of halogens is 2. The second kappa shape index (κ2) is 5.73. The van der Waals surface area contributed by atoms with Crippen LogP contribution >= 0.6 is 38.9 Å². The number of hydrogen-bond acceptors (Lipinski definition) is 3. The molecule has 0 unspecified atom stereocenters. The molecule has 2 rings (SSSR count). The van der Waals surface area contributed by atoms with Crippen molar-refractivity contribution in [1.82, 2.24) is 5.32 Å². The Labute approximate surface area is 122 Å². The standard InChI is InChI=1S/C12H10BrClN2OS/c13-10-5-4-7(18-10)6-16-12(17)8-2-1-3-9(14)11(8)15/h1-5H,6,15H2,(H,16,17). The summed E-state index contributed by atoms with van der Waals surface area (Å²) in [6.07, 6.45) is 0. The smallest absolute Gasteiger partial charge is 0.253 e. The average Bonchev–Trinajstić information content (AvgIpc) is 2.76. The number of amides is 1. The van der Waals surface area contributed by atoms with Crippen LogP contribution in [0.25, 0.3) is 0 Å². The zero-order chi connectivity index (χ0) is 13.1. The molecule has 2 aromatic rings. The van der Waals surface area contributed by atoms with Crippen LogP contribution in [0.3, 0.4) is 0 Å². The zero-order valence-electron chi connectivity index (χ0n) is 9.24. The van der Waals surface area contributed by atoms with Crippen LogP contribution in [-0.2, 0) is 6.54 Å². The molecule has 6 heteroatoms. The van der Waals surface area contributed by atoms with Crippen molar-refractivity contribution in [2.75, 3.05) is 5.73 Å². The summed E-state index contributed by atoms with van der Waals surface area (Å²) in [5, 5.41) is 3.20. The van der Waals surface area contributed by atoms with E-state index in [1.807, 2.05) is 12.1 Å². The molecule has 1 aromatic carbocycles. The fourth-order valence-electron chi connectivity index (χ4n) is 1.44. The molecule has 0 bridgehead atoms. The lowest BCUT2D eigenvalue weighted by molar-refractivity contribution is 0.0952. The summed E-state index contributed by atoms with van der Waals surface area (Å²) in [4.78, 5) is 13.0. The number of nitrogens with one attached hydrogen (secondary N) is 1. The number of benzene rings is 1. The van der Waals surface area contributed by atoms with Crippen molar-refractivity contribution >= 4 is 50.5 Å². The molecule has 1 amide bonds. The number of nitrogen functional groups attached to an aromatic ring is 1. The van der Waals surface area contributed by atoms with Gasteiger partial charge in [0, 0.05) is 4.88 Å². The highest BCUT2D eigenvalue weighted by Gasteiger charge is 2.11. The van der Waals surface area contributed by atoms with Gasteiger partial charge in [0.2, 0.25) is 0 Å². The lowest BCUT2D eigenvalue weighted by Gasteiger charge is -2.07. The summed E-state index contributed by atoms with van der Waals surface area (Å²) in [5.41, 5.74) is 6.47. The molecule has 0 aliphatic heterocycles. The summed E-state index contributed by atoms with van der Waals surface area (Å²) in [6, 6.07) is 8.91. The van der Waals surface area contributed by atoms with Gasteiger partial charge in [-0.25, -0.2) is 0 Å². The summed E-state index contributed by atoms with van der Waals surface area (Å²) < 4.78 is 1.04. The van der Waals surface area contributed by atoms with Gasteiger partial charge < -0.3 is 11.1 Å². The molecule has 0 radical (unpaired) electrons. The molecular formula is C12H10BrClN2OS. The molecule has 0 saturated carbocycles. The number of thiophene rings is 1. The predicted molar refractivity (Wildman–Crippen MR) is 79.1 cm³/mol. The van der Waals surface area contributed by atoms with Crippen LogP contribution in [0, 0.1) is 0 Å². The Balaban J connectivity index is 2.06. The van der Waals surface area contributed by atoms with E-state index in [0.29, 0.717) is 22.8 Å². The van der Waals surface area contributed by atoms with Gasteiger partial charge in [0.05, 0.1) is 26.6 Å². The van der Waals surface area contributed by atoms with Crippen molar-refractivity contribution in [3.8, 4) is 0 Å². The maximum absolute atomic E-state index is 11.9. The predicted octanol–water partition coefficient (Wildman–Crippen LogP) is 3.68. The normalized spacial score (nSPS) is 10.3. The summed E-state index contributed by atoms with van der Waals surface area (Å²) >= 11 is 10.8. The second-order valence-corrected chi connectivity index (χ2v) is 6.54. The molecule has 3 nitrogen and oxygen atoms in total. The van der Waals surface area contributed by atoms with Gasteiger partial charge in [-0.05, 0) is 40.2 Å². The van der Waals surface area contributed by atoms with Crippen LogP contribution < -0.4 is 11.1 Å². The summed E-state index contributed by atoms with van der Waals surface area (Å²) in [6.45, 7) is 0.473. The van der Waals surface area contributed by atoms with E-state index in [9.17, 15) is 4.79 Å². The van der Waals surface area contributed by atoms with Crippen LogP contribution in [0.4, 0.5) is 5.69 Å². The molecule has 3 N–H and O–H groups in total. The lowest BCUT2D eigenvalue weighted by atomic mass is 10.1. The molecule has 0 spiro atoms. The SMILES string of the molecule is Nc1c(Cl)cccc1C(=O)NCc1ccc(Br)s1. The molecule has 0 aliphatic carbocycles. The van der Waals surface area contributed by atoms with Gasteiger partial charge in [0.1, 0.15) is 0 Å². The molecule has 0 atom stereocenters. The molecule has 0 aliphatic rings. The third-order valence-corrected chi connectivity index (χ3v) is 4.30. The van der Waals surface area contributed by atoms with E-state index >= 15 is 0 Å². The first kappa shape index (κ1) is 13.4. The molecule has 1 aromatic heterocycles. The first-order valence-electron chi connectivity index (χ1n) is 5.14. The topological polar surface area (TPSA) is 55.1 Å². The Bertz CT molecular complexity index is 585. The van der Waals surface area contributed by atoms with Gasteiger partial charge in [0.25, 0.3) is 5.91 Å². The molecule has 18 heavy (non-hydrogen) atoms. The fourth-order valence-corrected chi connectivity index (χ4v) is 3.04. The van der Waals surface area contributed by atoms with E-state index in [-0.39, 0.29) is 5.91 Å². The monoisotopic (exact) mass is 344 g/mol. The van der Waals surface area contributed by atoms with Crippen LogP contribution in [0.15, 0.2) is 34.1 Å². The molecule has 0 saturated heterocycles. The Kier molecular flexibility index (Phi) is 4.27. The van der Waals surface area contributed by atoms with Gasteiger partial charge in [0.15, 0.2) is 0 Å². The first-order chi connectivity index (χ1) is 8.58. The summed E-state index contributed by atoms with van der Waals surface area (Å²) in [5.74, 6) is -0.223. The third-order valence-electron chi connectivity index (χ3n) is 2.35. The van der Waals surface area contributed by atoms with Crippen molar-refractivity contribution in [1.29, 1.82) is 0 Å². The second-order valence-electron chi connectivity index (χ2n) is 3.59. The molecule has 94 valence electrons. The van der Waals surface area contributed by atoms with Crippen molar-refractivity contribution < 1.29 is 4.79 Å². The number of carbonyl (C=O) groups excluding carboxylic acids is 1. The lowest BCUT2D eigenvalue weighted by Crippen LogP contribution is -2.23. The first-order valence-corrected chi connectivity index (χ1v) is 7.13. The minimum atomic E-state index is -0.223.